The molecule has 0 atom stereocenters. The molecule has 0 bridgehead atoms. The van der Waals surface area contributed by atoms with E-state index in [0.717, 1.165) is 0 Å². The minimum Gasteiger partial charge on any atom is -0.147 e. The molecule has 0 N–H and O–H groups in total. The van der Waals surface area contributed by atoms with Crippen LogP contribution in [0.25, 0.3) is 0 Å². The molecule has 3 nitrogen and oxygen atoms in total. The van der Waals surface area contributed by atoms with Crippen molar-refractivity contribution in [1.82, 2.24) is 0 Å². The van der Waals surface area contributed by atoms with E-state index in [2.05, 4.69) is 0 Å². The number of rotatable bonds is 6. The summed E-state index contributed by atoms with van der Waals surface area (Å²) in [4.78, 5) is 0. The fourth-order valence-corrected chi connectivity index (χ4v) is 1.76. The molecule has 0 fully saturated rings. The standard InChI is InChI=1S/3C2H5O.ClH.V/c3*1-2-3;;/h3*2H2,1H3;1H;/q3*-1;;+3. The van der Waals surface area contributed by atoms with Gasteiger partial charge in [-0.3, -0.25) is 0 Å². The smallest absolute Gasteiger partial charge is 0.147 e. The molecule has 0 radical (unpaired) electrons. The van der Waals surface area contributed by atoms with Crippen LogP contribution in [-0.2, 0) is 27.2 Å². The molecular formula is C6H16ClO3V. The average molecular weight is 223 g/mol. The maximum Gasteiger partial charge on any atom is -0.147 e. The second-order valence-corrected chi connectivity index (χ2v) is 3.38. The van der Waals surface area contributed by atoms with E-state index < -0.39 is 16.2 Å². The first-order valence-electron chi connectivity index (χ1n) is 3.54. The Morgan fingerprint density at radius 1 is 0.818 bits per heavy atom. The first-order valence-corrected chi connectivity index (χ1v) is 5.25. The van der Waals surface area contributed by atoms with Crippen LogP contribution in [0.4, 0.5) is 0 Å². The summed E-state index contributed by atoms with van der Waals surface area (Å²) in [6, 6.07) is 0. The van der Waals surface area contributed by atoms with Gasteiger partial charge in [-0.15, -0.1) is 12.4 Å². The largest absolute Gasteiger partial charge is 0.147 e. The monoisotopic (exact) mass is 222 g/mol. The van der Waals surface area contributed by atoms with Gasteiger partial charge in [0.25, 0.3) is 0 Å². The van der Waals surface area contributed by atoms with Crippen LogP contribution in [0.1, 0.15) is 20.8 Å². The first kappa shape index (κ1) is 14.3. The van der Waals surface area contributed by atoms with Gasteiger partial charge in [0.2, 0.25) is 0 Å². The van der Waals surface area contributed by atoms with Crippen molar-refractivity contribution in [3.63, 3.8) is 0 Å². The molecule has 70 valence electrons. The average Bonchev–Trinajstić information content (AvgIpc) is 1.90. The van der Waals surface area contributed by atoms with Gasteiger partial charge >= 0.3 is 67.8 Å². The maximum atomic E-state index is 5.22. The van der Waals surface area contributed by atoms with Crippen LogP contribution < -0.4 is 0 Å². The summed E-state index contributed by atoms with van der Waals surface area (Å²) >= 11 is -1.80. The normalized spacial score (nSPS) is 9.82. The SMILES string of the molecule is CC[O][V]([O]CC)[O]CC.Cl. The number of halogens is 1. The van der Waals surface area contributed by atoms with Crippen LogP contribution in [0, 0.1) is 0 Å². The zero-order valence-corrected chi connectivity index (χ0v) is 9.41. The van der Waals surface area contributed by atoms with Gasteiger partial charge in [0, 0.05) is 0 Å². The van der Waals surface area contributed by atoms with Gasteiger partial charge in [-0.25, -0.2) is 0 Å². The Morgan fingerprint density at radius 2 is 1.09 bits per heavy atom. The quantitative estimate of drug-likeness (QED) is 0.687. The Labute approximate surface area is 80.4 Å². The topological polar surface area (TPSA) is 27.7 Å². The minimum absolute atomic E-state index is 0. The summed E-state index contributed by atoms with van der Waals surface area (Å²) < 4.78 is 15.7. The zero-order chi connectivity index (χ0) is 7.82. The Kier molecular flexibility index (Phi) is 14.0. The van der Waals surface area contributed by atoms with Crippen molar-refractivity contribution in [2.75, 3.05) is 19.8 Å². The van der Waals surface area contributed by atoms with Crippen LogP contribution >= 0.6 is 12.4 Å². The van der Waals surface area contributed by atoms with Gasteiger partial charge in [0.1, 0.15) is 0 Å². The van der Waals surface area contributed by atoms with Gasteiger partial charge in [0.05, 0.1) is 0 Å². The molecule has 0 saturated heterocycles. The van der Waals surface area contributed by atoms with Crippen LogP contribution in [0.2, 0.25) is 0 Å². The zero-order valence-electron chi connectivity index (χ0n) is 7.20. The van der Waals surface area contributed by atoms with Gasteiger partial charge in [-0.1, -0.05) is 0 Å². The fraction of sp³-hybridized carbons (Fsp3) is 1.00. The molecule has 0 aromatic carbocycles. The van der Waals surface area contributed by atoms with Crippen molar-refractivity contribution < 1.29 is 27.2 Å². The first-order chi connectivity index (χ1) is 4.85. The fourth-order valence-electron chi connectivity index (χ4n) is 0.428. The number of hydrogen-bond acceptors (Lipinski definition) is 3. The van der Waals surface area contributed by atoms with Gasteiger partial charge in [-0.05, 0) is 0 Å². The molecule has 0 aliphatic carbocycles. The molecule has 0 spiro atoms. The third-order valence-corrected chi connectivity index (χ3v) is 2.90. The van der Waals surface area contributed by atoms with E-state index in [4.69, 9.17) is 11.0 Å². The Balaban J connectivity index is 0. The van der Waals surface area contributed by atoms with Crippen LogP contribution in [0.15, 0.2) is 0 Å². The van der Waals surface area contributed by atoms with Crippen LogP contribution in [-0.4, -0.2) is 19.8 Å². The van der Waals surface area contributed by atoms with Crippen LogP contribution in [0.3, 0.4) is 0 Å². The minimum atomic E-state index is -1.80. The summed E-state index contributed by atoms with van der Waals surface area (Å²) in [5.41, 5.74) is 0. The second-order valence-electron chi connectivity index (χ2n) is 1.48. The van der Waals surface area contributed by atoms with Crippen molar-refractivity contribution in [3.8, 4) is 0 Å². The predicted molar refractivity (Wildman–Crippen MR) is 42.1 cm³/mol. The third-order valence-electron chi connectivity index (χ3n) is 0.704. The summed E-state index contributed by atoms with van der Waals surface area (Å²) in [5.74, 6) is 0. The molecule has 0 aromatic heterocycles. The van der Waals surface area contributed by atoms with E-state index in [1.54, 1.807) is 0 Å². The van der Waals surface area contributed by atoms with E-state index >= 15 is 0 Å². The van der Waals surface area contributed by atoms with E-state index in [0.29, 0.717) is 19.8 Å². The molecular weight excluding hydrogens is 206 g/mol. The number of hydrogen-bond donors (Lipinski definition) is 0. The maximum absolute atomic E-state index is 5.22. The second kappa shape index (κ2) is 10.8. The predicted octanol–water partition coefficient (Wildman–Crippen LogP) is 1.88. The summed E-state index contributed by atoms with van der Waals surface area (Å²) in [5, 5.41) is 0. The molecule has 0 heterocycles. The van der Waals surface area contributed by atoms with E-state index in [1.807, 2.05) is 20.8 Å². The van der Waals surface area contributed by atoms with Crippen molar-refractivity contribution in [3.05, 3.63) is 0 Å². The van der Waals surface area contributed by atoms with E-state index in [9.17, 15) is 0 Å². The molecule has 0 aromatic rings. The van der Waals surface area contributed by atoms with Crippen LogP contribution in [0.5, 0.6) is 0 Å². The molecule has 0 aliphatic rings. The molecule has 0 unspecified atom stereocenters. The summed E-state index contributed by atoms with van der Waals surface area (Å²) in [6.07, 6.45) is 0. The summed E-state index contributed by atoms with van der Waals surface area (Å²) in [6.45, 7) is 7.87. The summed E-state index contributed by atoms with van der Waals surface area (Å²) in [7, 11) is 0. The van der Waals surface area contributed by atoms with Crippen molar-refractivity contribution in [2.45, 2.75) is 20.8 Å². The van der Waals surface area contributed by atoms with Crippen molar-refractivity contribution in [1.29, 1.82) is 0 Å². The Bertz CT molecular complexity index is 60.6. The van der Waals surface area contributed by atoms with E-state index in [-0.39, 0.29) is 12.4 Å². The van der Waals surface area contributed by atoms with Gasteiger partial charge in [0.15, 0.2) is 0 Å². The molecule has 5 heteroatoms. The van der Waals surface area contributed by atoms with Gasteiger partial charge < -0.3 is 0 Å². The molecule has 0 amide bonds. The van der Waals surface area contributed by atoms with E-state index in [1.165, 1.54) is 0 Å². The third kappa shape index (κ3) is 8.66. The molecule has 0 saturated carbocycles. The molecule has 0 aliphatic heterocycles. The molecule has 0 rings (SSSR count). The van der Waals surface area contributed by atoms with Crippen molar-refractivity contribution in [2.24, 2.45) is 0 Å². The van der Waals surface area contributed by atoms with Gasteiger partial charge in [-0.2, -0.15) is 0 Å². The Morgan fingerprint density at radius 3 is 1.27 bits per heavy atom. The Hall–Kier alpha value is 0.754. The molecule has 11 heavy (non-hydrogen) atoms. The van der Waals surface area contributed by atoms with Crippen molar-refractivity contribution >= 4 is 12.4 Å².